The van der Waals surface area contributed by atoms with Crippen LogP contribution in [0.15, 0.2) is 87.1 Å². The number of hydrogen-bond acceptors (Lipinski definition) is 12. The van der Waals surface area contributed by atoms with Gasteiger partial charge in [0, 0.05) is 60.4 Å². The van der Waals surface area contributed by atoms with Gasteiger partial charge in [-0.15, -0.1) is 20.4 Å². The molecule has 4 atom stereocenters. The Morgan fingerprint density at radius 1 is 0.729 bits per heavy atom. The van der Waals surface area contributed by atoms with Crippen molar-refractivity contribution in [1.82, 2.24) is 39.2 Å². The maximum absolute atomic E-state index is 7.08. The second-order valence-electron chi connectivity index (χ2n) is 17.4. The van der Waals surface area contributed by atoms with E-state index in [1.165, 1.54) is 35.1 Å². The third-order valence-electron chi connectivity index (χ3n) is 14.2. The van der Waals surface area contributed by atoms with Crippen LogP contribution in [0.1, 0.15) is 82.6 Å². The molecule has 2 unspecified atom stereocenters. The lowest BCUT2D eigenvalue weighted by Gasteiger charge is -2.42. The maximum atomic E-state index is 7.08. The first-order chi connectivity index (χ1) is 28.7. The minimum atomic E-state index is 0.128. The predicted molar refractivity (Wildman–Crippen MR) is 236 cm³/mol. The standard InChI is InChI=1S/C43H50Cl2N12S2/c1-27(29-6-2-3-9-32(29)58-33-23-48-40(56-25-50-52-38(33)56)54-16-12-42(13-17-54)11-5-10-35(42)46)20-28-21-36(47)43(22-28)14-18-55(19-15-43)41-49-24-34(39-53-51-26-57(39)41)59-37-30(44)7-4-8-31(37)45/h2-4,6-9,23-28,35-36H,5,10-22,46-47H2,1H3/t27?,28?,35-,36-/m1/s1. The van der Waals surface area contributed by atoms with Crippen LogP contribution < -0.4 is 21.3 Å². The number of piperidine rings is 2. The van der Waals surface area contributed by atoms with Gasteiger partial charge in [-0.05, 0) is 104 Å². The van der Waals surface area contributed by atoms with Crippen LogP contribution in [0.2, 0.25) is 10.0 Å². The molecule has 2 saturated carbocycles. The molecule has 10 rings (SSSR count). The van der Waals surface area contributed by atoms with Gasteiger partial charge in [-0.2, -0.15) is 0 Å². The summed E-state index contributed by atoms with van der Waals surface area (Å²) in [6.45, 7) is 6.07. The average molecular weight is 870 g/mol. The molecule has 4 N–H and O–H groups in total. The van der Waals surface area contributed by atoms with Crippen LogP contribution in [0.4, 0.5) is 11.9 Å². The predicted octanol–water partition coefficient (Wildman–Crippen LogP) is 8.79. The normalized spacial score (nSPS) is 23.3. The number of fused-ring (bicyclic) bond motifs is 2. The van der Waals surface area contributed by atoms with E-state index < -0.39 is 0 Å². The first-order valence-electron chi connectivity index (χ1n) is 21.0. The van der Waals surface area contributed by atoms with E-state index in [0.29, 0.717) is 33.3 Å². The lowest BCUT2D eigenvalue weighted by atomic mass is 9.73. The van der Waals surface area contributed by atoms with E-state index in [9.17, 15) is 0 Å². The molecular formula is C43H50Cl2N12S2. The molecule has 0 radical (unpaired) electrons. The van der Waals surface area contributed by atoms with E-state index in [-0.39, 0.29) is 11.5 Å². The second-order valence-corrected chi connectivity index (χ2v) is 20.4. The van der Waals surface area contributed by atoms with Crippen LogP contribution in [-0.4, -0.2) is 77.4 Å². The third kappa shape index (κ3) is 7.25. The van der Waals surface area contributed by atoms with E-state index >= 15 is 0 Å². The van der Waals surface area contributed by atoms with Crippen molar-refractivity contribution in [3.05, 3.63) is 83.1 Å². The summed E-state index contributed by atoms with van der Waals surface area (Å²) in [7, 11) is 0. The largest absolute Gasteiger partial charge is 0.342 e. The molecule has 6 aromatic rings. The summed E-state index contributed by atoms with van der Waals surface area (Å²) in [6.07, 6.45) is 18.7. The van der Waals surface area contributed by atoms with Crippen LogP contribution >= 0.6 is 46.7 Å². The minimum Gasteiger partial charge on any atom is -0.342 e. The van der Waals surface area contributed by atoms with Crippen LogP contribution in [0.3, 0.4) is 0 Å². The summed E-state index contributed by atoms with van der Waals surface area (Å²) < 4.78 is 4.05. The molecule has 4 aliphatic rings. The zero-order chi connectivity index (χ0) is 40.3. The molecular weight excluding hydrogens is 820 g/mol. The summed E-state index contributed by atoms with van der Waals surface area (Å²) in [5.74, 6) is 2.71. The van der Waals surface area contributed by atoms with Gasteiger partial charge >= 0.3 is 0 Å². The topological polar surface area (TPSA) is 145 Å². The molecule has 308 valence electrons. The van der Waals surface area contributed by atoms with Crippen molar-refractivity contribution in [1.29, 1.82) is 0 Å². The first kappa shape index (κ1) is 39.5. The summed E-state index contributed by atoms with van der Waals surface area (Å²) in [4.78, 5) is 18.6. The summed E-state index contributed by atoms with van der Waals surface area (Å²) >= 11 is 16.2. The molecule has 2 aliphatic heterocycles. The molecule has 0 bridgehead atoms. The molecule has 0 amide bonds. The van der Waals surface area contributed by atoms with Crippen LogP contribution in [0, 0.1) is 16.7 Å². The number of hydrogen-bond donors (Lipinski definition) is 2. The number of nitrogens with two attached hydrogens (primary N) is 2. The number of benzene rings is 2. The monoisotopic (exact) mass is 868 g/mol. The zero-order valence-corrected chi connectivity index (χ0v) is 36.4. The second kappa shape index (κ2) is 16.0. The van der Waals surface area contributed by atoms with Crippen molar-refractivity contribution in [2.45, 2.75) is 109 Å². The third-order valence-corrected chi connectivity index (χ3v) is 17.3. The molecule has 12 nitrogen and oxygen atoms in total. The van der Waals surface area contributed by atoms with Crippen molar-refractivity contribution in [2.75, 3.05) is 36.0 Å². The van der Waals surface area contributed by atoms with E-state index in [4.69, 9.17) is 44.6 Å². The fraction of sp³-hybridized carbons (Fsp3) is 0.488. The number of halogens is 2. The molecule has 2 aliphatic carbocycles. The molecule has 4 fully saturated rings. The highest BCUT2D eigenvalue weighted by Crippen LogP contribution is 2.52. The van der Waals surface area contributed by atoms with Gasteiger partial charge in [0.1, 0.15) is 12.7 Å². The number of nitrogens with zero attached hydrogens (tertiary/aromatic N) is 10. The smallest absolute Gasteiger partial charge is 0.212 e. The van der Waals surface area contributed by atoms with Crippen molar-refractivity contribution in [3.8, 4) is 0 Å². The maximum Gasteiger partial charge on any atom is 0.212 e. The van der Waals surface area contributed by atoms with Crippen molar-refractivity contribution < 1.29 is 0 Å². The summed E-state index contributed by atoms with van der Waals surface area (Å²) in [5.41, 5.74) is 17.1. The van der Waals surface area contributed by atoms with E-state index in [0.717, 1.165) is 115 Å². The van der Waals surface area contributed by atoms with E-state index in [1.54, 1.807) is 18.1 Å². The Bertz CT molecular complexity index is 2460. The van der Waals surface area contributed by atoms with Crippen molar-refractivity contribution >= 4 is 69.9 Å². The van der Waals surface area contributed by atoms with Crippen LogP contribution in [0.5, 0.6) is 0 Å². The Morgan fingerprint density at radius 2 is 1.32 bits per heavy atom. The van der Waals surface area contributed by atoms with Gasteiger partial charge in [0.15, 0.2) is 11.3 Å². The molecule has 2 aromatic carbocycles. The quantitative estimate of drug-likeness (QED) is 0.143. The zero-order valence-electron chi connectivity index (χ0n) is 33.3. The van der Waals surface area contributed by atoms with Gasteiger partial charge in [-0.3, -0.25) is 0 Å². The van der Waals surface area contributed by atoms with Crippen molar-refractivity contribution in [3.63, 3.8) is 0 Å². The highest BCUT2D eigenvalue weighted by molar-refractivity contribution is 8.00. The fourth-order valence-corrected chi connectivity index (χ4v) is 13.5. The van der Waals surface area contributed by atoms with Gasteiger partial charge < -0.3 is 21.3 Å². The molecule has 6 heterocycles. The Labute approximate surface area is 363 Å². The molecule has 4 aromatic heterocycles. The fourth-order valence-electron chi connectivity index (χ4n) is 10.9. The van der Waals surface area contributed by atoms with Gasteiger partial charge in [0.05, 0.1) is 19.8 Å². The SMILES string of the molecule is CC(CC1C[C@@H](N)C2(CCN(c3ncc(Sc4c(Cl)cccc4Cl)c4nncn34)CC2)C1)c1ccccc1Sc1cnc(N2CCC3(CCC[C@H]3N)CC2)n2cnnc12. The molecule has 16 heteroatoms. The highest BCUT2D eigenvalue weighted by Gasteiger charge is 2.48. The summed E-state index contributed by atoms with van der Waals surface area (Å²) in [5, 5.41) is 18.8. The average Bonchev–Trinajstić information content (AvgIpc) is 4.06. The van der Waals surface area contributed by atoms with Gasteiger partial charge in [0.2, 0.25) is 11.9 Å². The van der Waals surface area contributed by atoms with Crippen LogP contribution in [0.25, 0.3) is 11.3 Å². The Kier molecular flexibility index (Phi) is 10.7. The number of rotatable bonds is 9. The minimum absolute atomic E-state index is 0.128. The Morgan fingerprint density at radius 3 is 1.93 bits per heavy atom. The van der Waals surface area contributed by atoms with Gasteiger partial charge in [-0.25, -0.2) is 18.8 Å². The summed E-state index contributed by atoms with van der Waals surface area (Å²) in [6, 6.07) is 14.9. The molecule has 2 spiro atoms. The highest BCUT2D eigenvalue weighted by atomic mass is 35.5. The molecule has 59 heavy (non-hydrogen) atoms. The lowest BCUT2D eigenvalue weighted by molar-refractivity contribution is 0.189. The van der Waals surface area contributed by atoms with E-state index in [2.05, 4.69) is 65.8 Å². The van der Waals surface area contributed by atoms with E-state index in [1.807, 2.05) is 41.3 Å². The first-order valence-corrected chi connectivity index (χ1v) is 23.4. The van der Waals surface area contributed by atoms with Gasteiger partial charge in [-0.1, -0.05) is 84.3 Å². The number of aromatic nitrogens is 8. The lowest BCUT2D eigenvalue weighted by Crippen LogP contribution is -2.47. The number of anilines is 2. The van der Waals surface area contributed by atoms with Crippen LogP contribution in [-0.2, 0) is 0 Å². The van der Waals surface area contributed by atoms with Crippen molar-refractivity contribution in [2.24, 2.45) is 28.2 Å². The Balaban J connectivity index is 0.793. The molecule has 2 saturated heterocycles. The van der Waals surface area contributed by atoms with Gasteiger partial charge in [0.25, 0.3) is 0 Å². The Hall–Kier alpha value is -3.66.